The quantitative estimate of drug-likeness (QED) is 0.299. The molecule has 0 radical (unpaired) electrons. The highest BCUT2D eigenvalue weighted by Gasteiger charge is 2.24. The summed E-state index contributed by atoms with van der Waals surface area (Å²) in [6.45, 7) is 4.19. The number of ether oxygens (including phenoxy) is 3. The molecule has 0 spiro atoms. The van der Waals surface area contributed by atoms with Crippen molar-refractivity contribution in [1.82, 2.24) is 15.5 Å². The Kier molecular flexibility index (Phi) is 11.2. The van der Waals surface area contributed by atoms with Crippen LogP contribution in [0.15, 0.2) is 23.2 Å². The van der Waals surface area contributed by atoms with Crippen LogP contribution >= 0.6 is 24.0 Å². The number of benzene rings is 1. The second-order valence-corrected chi connectivity index (χ2v) is 8.00. The van der Waals surface area contributed by atoms with Gasteiger partial charge in [-0.2, -0.15) is 0 Å². The van der Waals surface area contributed by atoms with Crippen LogP contribution in [-0.2, 0) is 11.3 Å². The number of nitrogens with zero attached hydrogens (tertiary/aromatic N) is 2. The van der Waals surface area contributed by atoms with Crippen LogP contribution in [0.1, 0.15) is 51.0 Å². The van der Waals surface area contributed by atoms with Crippen molar-refractivity contribution in [3.05, 3.63) is 23.8 Å². The molecule has 2 N–H and O–H groups in total. The second kappa shape index (κ2) is 13.6. The number of piperidine rings is 1. The van der Waals surface area contributed by atoms with E-state index in [0.717, 1.165) is 48.7 Å². The van der Waals surface area contributed by atoms with Crippen molar-refractivity contribution >= 4 is 36.0 Å². The third-order valence-corrected chi connectivity index (χ3v) is 5.90. The first-order valence-corrected chi connectivity index (χ1v) is 11.4. The number of para-hydroxylation sites is 1. The van der Waals surface area contributed by atoms with Crippen molar-refractivity contribution in [1.29, 1.82) is 0 Å². The van der Waals surface area contributed by atoms with E-state index in [-0.39, 0.29) is 42.2 Å². The zero-order chi connectivity index (χ0) is 22.1. The standard InChI is InChI=1S/C23H36N4O4.HI/c1-4-30-23(28)27-14-12-18(13-15-27)26-22(24-2)25-16-17-8-7-11-20(29-3)21(17)31-19-9-5-6-10-19;/h7-8,11,18-19H,4-6,9-10,12-16H2,1-3H3,(H2,24,25,26);1H. The highest BCUT2D eigenvalue weighted by atomic mass is 127. The Morgan fingerprint density at radius 2 is 1.91 bits per heavy atom. The van der Waals surface area contributed by atoms with Gasteiger partial charge >= 0.3 is 6.09 Å². The molecular formula is C23H37IN4O4. The van der Waals surface area contributed by atoms with Crippen LogP contribution in [0.25, 0.3) is 0 Å². The lowest BCUT2D eigenvalue weighted by molar-refractivity contribution is 0.0963. The molecule has 0 aromatic heterocycles. The number of amides is 1. The molecule has 180 valence electrons. The highest BCUT2D eigenvalue weighted by molar-refractivity contribution is 14.0. The van der Waals surface area contributed by atoms with E-state index in [4.69, 9.17) is 14.2 Å². The molecule has 3 rings (SSSR count). The minimum absolute atomic E-state index is 0. The molecule has 0 unspecified atom stereocenters. The lowest BCUT2D eigenvalue weighted by Gasteiger charge is -2.32. The third kappa shape index (κ3) is 7.31. The number of guanidine groups is 1. The van der Waals surface area contributed by atoms with E-state index in [2.05, 4.69) is 21.7 Å². The van der Waals surface area contributed by atoms with Crippen molar-refractivity contribution in [2.24, 2.45) is 4.99 Å². The van der Waals surface area contributed by atoms with Crippen molar-refractivity contribution in [2.45, 2.75) is 64.1 Å². The number of methoxy groups -OCH3 is 1. The average molecular weight is 560 g/mol. The number of halogens is 1. The van der Waals surface area contributed by atoms with Gasteiger partial charge in [0.15, 0.2) is 17.5 Å². The Bertz CT molecular complexity index is 748. The SMILES string of the molecule is CCOC(=O)N1CCC(NC(=NC)NCc2cccc(OC)c2OC2CCCC2)CC1.I. The maximum Gasteiger partial charge on any atom is 0.409 e. The molecule has 1 heterocycles. The maximum absolute atomic E-state index is 11.9. The summed E-state index contributed by atoms with van der Waals surface area (Å²) in [6.07, 6.45) is 6.38. The number of nitrogens with one attached hydrogen (secondary N) is 2. The Hall–Kier alpha value is -1.91. The summed E-state index contributed by atoms with van der Waals surface area (Å²) in [5.41, 5.74) is 1.05. The molecule has 1 saturated heterocycles. The molecular weight excluding hydrogens is 523 g/mol. The minimum atomic E-state index is -0.226. The van der Waals surface area contributed by atoms with Gasteiger partial charge in [0.05, 0.1) is 19.8 Å². The number of hydrogen-bond acceptors (Lipinski definition) is 5. The summed E-state index contributed by atoms with van der Waals surface area (Å²) in [4.78, 5) is 18.0. The highest BCUT2D eigenvalue weighted by Crippen LogP contribution is 2.34. The van der Waals surface area contributed by atoms with E-state index in [1.165, 1.54) is 12.8 Å². The van der Waals surface area contributed by atoms with Gasteiger partial charge in [0.2, 0.25) is 0 Å². The lowest BCUT2D eigenvalue weighted by atomic mass is 10.1. The largest absolute Gasteiger partial charge is 0.493 e. The zero-order valence-electron chi connectivity index (χ0n) is 19.4. The fourth-order valence-corrected chi connectivity index (χ4v) is 4.16. The van der Waals surface area contributed by atoms with Crippen molar-refractivity contribution in [2.75, 3.05) is 33.9 Å². The molecule has 1 amide bonds. The molecule has 2 fully saturated rings. The first-order valence-electron chi connectivity index (χ1n) is 11.4. The molecule has 8 nitrogen and oxygen atoms in total. The van der Waals surface area contributed by atoms with Gasteiger partial charge in [-0.1, -0.05) is 12.1 Å². The summed E-state index contributed by atoms with van der Waals surface area (Å²) in [6, 6.07) is 6.25. The number of carbonyl (C=O) groups excluding carboxylic acids is 1. The van der Waals surface area contributed by atoms with Gasteiger partial charge in [-0.25, -0.2) is 4.79 Å². The molecule has 2 aliphatic rings. The summed E-state index contributed by atoms with van der Waals surface area (Å²) >= 11 is 0. The van der Waals surface area contributed by atoms with Crippen LogP contribution < -0.4 is 20.1 Å². The molecule has 1 aromatic carbocycles. The number of likely N-dealkylation sites (tertiary alicyclic amines) is 1. The number of carbonyl (C=O) groups is 1. The average Bonchev–Trinajstić information content (AvgIpc) is 3.31. The van der Waals surface area contributed by atoms with Gasteiger partial charge in [0.1, 0.15) is 0 Å². The monoisotopic (exact) mass is 560 g/mol. The lowest BCUT2D eigenvalue weighted by Crippen LogP contribution is -2.49. The van der Waals surface area contributed by atoms with E-state index in [0.29, 0.717) is 26.2 Å². The minimum Gasteiger partial charge on any atom is -0.493 e. The number of aliphatic imine (C=N–C) groups is 1. The van der Waals surface area contributed by atoms with E-state index in [9.17, 15) is 4.79 Å². The van der Waals surface area contributed by atoms with Crippen molar-refractivity contribution in [3.63, 3.8) is 0 Å². The molecule has 0 atom stereocenters. The topological polar surface area (TPSA) is 84.4 Å². The Morgan fingerprint density at radius 3 is 2.53 bits per heavy atom. The third-order valence-electron chi connectivity index (χ3n) is 5.90. The van der Waals surface area contributed by atoms with Crippen LogP contribution in [0.3, 0.4) is 0 Å². The Morgan fingerprint density at radius 1 is 1.19 bits per heavy atom. The van der Waals surface area contributed by atoms with Crippen LogP contribution in [0.4, 0.5) is 4.79 Å². The summed E-state index contributed by atoms with van der Waals surface area (Å²) in [7, 11) is 3.45. The second-order valence-electron chi connectivity index (χ2n) is 8.00. The van der Waals surface area contributed by atoms with Crippen LogP contribution in [-0.4, -0.2) is 63.0 Å². The summed E-state index contributed by atoms with van der Waals surface area (Å²) < 4.78 is 17.0. The molecule has 32 heavy (non-hydrogen) atoms. The van der Waals surface area contributed by atoms with E-state index < -0.39 is 0 Å². The molecule has 1 aliphatic carbocycles. The number of rotatable bonds is 7. The molecule has 1 aromatic rings. The fraction of sp³-hybridized carbons (Fsp3) is 0.652. The van der Waals surface area contributed by atoms with Crippen molar-refractivity contribution in [3.8, 4) is 11.5 Å². The smallest absolute Gasteiger partial charge is 0.409 e. The molecule has 9 heteroatoms. The van der Waals surface area contributed by atoms with E-state index in [1.54, 1.807) is 19.1 Å². The van der Waals surface area contributed by atoms with Crippen LogP contribution in [0, 0.1) is 0 Å². The van der Waals surface area contributed by atoms with Crippen LogP contribution in [0.2, 0.25) is 0 Å². The van der Waals surface area contributed by atoms with Gasteiger partial charge in [-0.05, 0) is 51.5 Å². The van der Waals surface area contributed by atoms with E-state index in [1.807, 2.05) is 19.1 Å². The van der Waals surface area contributed by atoms with Crippen molar-refractivity contribution < 1.29 is 19.0 Å². The molecule has 1 aliphatic heterocycles. The predicted molar refractivity (Wildman–Crippen MR) is 136 cm³/mol. The van der Waals surface area contributed by atoms with Gasteiger partial charge in [0.25, 0.3) is 0 Å². The fourth-order valence-electron chi connectivity index (χ4n) is 4.16. The summed E-state index contributed by atoms with van der Waals surface area (Å²) in [5, 5.41) is 6.88. The Balaban J connectivity index is 0.00000363. The summed E-state index contributed by atoms with van der Waals surface area (Å²) in [5.74, 6) is 2.33. The number of hydrogen-bond donors (Lipinski definition) is 2. The molecule has 1 saturated carbocycles. The zero-order valence-corrected chi connectivity index (χ0v) is 21.7. The van der Waals surface area contributed by atoms with Gasteiger partial charge in [0, 0.05) is 38.3 Å². The normalized spacial score (nSPS) is 17.5. The van der Waals surface area contributed by atoms with E-state index >= 15 is 0 Å². The van der Waals surface area contributed by atoms with Crippen LogP contribution in [0.5, 0.6) is 11.5 Å². The maximum atomic E-state index is 11.9. The van der Waals surface area contributed by atoms with Gasteiger partial charge < -0.3 is 29.7 Å². The molecule has 0 bridgehead atoms. The first kappa shape index (κ1) is 26.3. The van der Waals surface area contributed by atoms with Gasteiger partial charge in [-0.15, -0.1) is 24.0 Å². The van der Waals surface area contributed by atoms with Gasteiger partial charge in [-0.3, -0.25) is 4.99 Å². The predicted octanol–water partition coefficient (Wildman–Crippen LogP) is 3.92. The Labute approximate surface area is 208 Å². The first-order chi connectivity index (χ1) is 15.1.